The minimum atomic E-state index is -3.70. The molecule has 3 amide bonds. The van der Waals surface area contributed by atoms with Gasteiger partial charge in [-0.3, -0.25) is 14.4 Å². The molecule has 1 aliphatic carbocycles. The van der Waals surface area contributed by atoms with Gasteiger partial charge in [0, 0.05) is 24.6 Å². The summed E-state index contributed by atoms with van der Waals surface area (Å²) in [6, 6.07) is 12.0. The van der Waals surface area contributed by atoms with E-state index in [4.69, 9.17) is 5.73 Å². The van der Waals surface area contributed by atoms with Gasteiger partial charge in [0.15, 0.2) is 0 Å². The predicted molar refractivity (Wildman–Crippen MR) is 110 cm³/mol. The Kier molecular flexibility index (Phi) is 6.48. The van der Waals surface area contributed by atoms with Crippen molar-refractivity contribution in [1.82, 2.24) is 10.0 Å². The first-order valence-corrected chi connectivity index (χ1v) is 10.8. The second-order valence-electron chi connectivity index (χ2n) is 6.90. The van der Waals surface area contributed by atoms with Crippen LogP contribution in [0.4, 0.5) is 5.69 Å². The van der Waals surface area contributed by atoms with Gasteiger partial charge in [-0.25, -0.2) is 13.1 Å². The van der Waals surface area contributed by atoms with Gasteiger partial charge < -0.3 is 16.4 Å². The van der Waals surface area contributed by atoms with Crippen molar-refractivity contribution in [3.8, 4) is 0 Å². The molecular formula is C20H22N4O5S. The van der Waals surface area contributed by atoms with Crippen molar-refractivity contribution >= 4 is 33.4 Å². The van der Waals surface area contributed by atoms with Gasteiger partial charge in [-0.05, 0) is 43.2 Å². The van der Waals surface area contributed by atoms with Crippen molar-refractivity contribution in [1.29, 1.82) is 0 Å². The number of carbonyl (C=O) groups excluding carboxylic acids is 3. The molecule has 1 aliphatic rings. The van der Waals surface area contributed by atoms with E-state index in [0.29, 0.717) is 0 Å². The molecule has 0 aromatic heterocycles. The van der Waals surface area contributed by atoms with Crippen LogP contribution < -0.4 is 21.1 Å². The molecule has 2 aromatic carbocycles. The highest BCUT2D eigenvalue weighted by Crippen LogP contribution is 2.23. The average Bonchev–Trinajstić information content (AvgIpc) is 3.51. The van der Waals surface area contributed by atoms with E-state index < -0.39 is 27.7 Å². The van der Waals surface area contributed by atoms with Crippen LogP contribution in [-0.2, 0) is 14.8 Å². The lowest BCUT2D eigenvalue weighted by Crippen LogP contribution is -2.29. The first kappa shape index (κ1) is 21.5. The lowest BCUT2D eigenvalue weighted by molar-refractivity contribution is -0.117. The zero-order chi connectivity index (χ0) is 21.7. The monoisotopic (exact) mass is 430 g/mol. The van der Waals surface area contributed by atoms with Crippen molar-refractivity contribution in [2.75, 3.05) is 11.9 Å². The topological polar surface area (TPSA) is 147 Å². The van der Waals surface area contributed by atoms with E-state index in [1.54, 1.807) is 18.2 Å². The van der Waals surface area contributed by atoms with E-state index >= 15 is 0 Å². The highest BCUT2D eigenvalue weighted by atomic mass is 32.2. The highest BCUT2D eigenvalue weighted by Gasteiger charge is 2.28. The van der Waals surface area contributed by atoms with Crippen molar-refractivity contribution in [3.05, 3.63) is 59.7 Å². The predicted octanol–water partition coefficient (Wildman–Crippen LogP) is 0.985. The Balaban J connectivity index is 1.74. The van der Waals surface area contributed by atoms with Gasteiger partial charge in [-0.1, -0.05) is 18.2 Å². The molecule has 3 rings (SSSR count). The summed E-state index contributed by atoms with van der Waals surface area (Å²) >= 11 is 0. The molecule has 0 radical (unpaired) electrons. The van der Waals surface area contributed by atoms with Crippen LogP contribution in [0.5, 0.6) is 0 Å². The SMILES string of the molecule is NC(=O)CCNC(=O)c1ccccc1NC(=O)c1cccc(S(=O)(=O)NC2CC2)c1. The number of amides is 3. The maximum Gasteiger partial charge on any atom is 0.255 e. The van der Waals surface area contributed by atoms with E-state index in [1.165, 1.54) is 30.3 Å². The molecule has 30 heavy (non-hydrogen) atoms. The van der Waals surface area contributed by atoms with E-state index in [9.17, 15) is 22.8 Å². The molecule has 2 aromatic rings. The number of hydrogen-bond acceptors (Lipinski definition) is 5. The maximum atomic E-state index is 12.7. The minimum Gasteiger partial charge on any atom is -0.370 e. The molecule has 0 spiro atoms. The van der Waals surface area contributed by atoms with Crippen LogP contribution in [0.3, 0.4) is 0 Å². The standard InChI is InChI=1S/C20H22N4O5S/c21-18(25)10-11-22-20(27)16-6-1-2-7-17(16)23-19(26)13-4-3-5-15(12-13)30(28,29)24-14-8-9-14/h1-7,12,14,24H,8-11H2,(H2,21,25)(H,22,27)(H,23,26). The zero-order valence-corrected chi connectivity index (χ0v) is 16.9. The Hall–Kier alpha value is -3.24. The number of para-hydroxylation sites is 1. The number of nitrogens with two attached hydrogens (primary N) is 1. The molecule has 0 heterocycles. The Morgan fingerprint density at radius 3 is 2.43 bits per heavy atom. The molecule has 10 heteroatoms. The first-order chi connectivity index (χ1) is 14.3. The van der Waals surface area contributed by atoms with Crippen LogP contribution in [0.2, 0.25) is 0 Å². The normalized spacial score (nSPS) is 13.5. The minimum absolute atomic E-state index is 0.000435. The summed E-state index contributed by atoms with van der Waals surface area (Å²) in [5, 5.41) is 5.19. The van der Waals surface area contributed by atoms with Crippen LogP contribution in [0.1, 0.15) is 40.0 Å². The van der Waals surface area contributed by atoms with Crippen molar-refractivity contribution in [2.24, 2.45) is 5.73 Å². The molecule has 0 unspecified atom stereocenters. The third kappa shape index (κ3) is 5.65. The van der Waals surface area contributed by atoms with E-state index in [2.05, 4.69) is 15.4 Å². The fourth-order valence-electron chi connectivity index (χ4n) is 2.67. The second-order valence-corrected chi connectivity index (χ2v) is 8.61. The van der Waals surface area contributed by atoms with Gasteiger partial charge in [-0.2, -0.15) is 0 Å². The summed E-state index contributed by atoms with van der Waals surface area (Å²) in [5.41, 5.74) is 5.65. The smallest absolute Gasteiger partial charge is 0.255 e. The molecule has 9 nitrogen and oxygen atoms in total. The lowest BCUT2D eigenvalue weighted by Gasteiger charge is -2.12. The first-order valence-electron chi connectivity index (χ1n) is 9.35. The maximum absolute atomic E-state index is 12.7. The van der Waals surface area contributed by atoms with Gasteiger partial charge in [0.05, 0.1) is 16.1 Å². The summed E-state index contributed by atoms with van der Waals surface area (Å²) in [6.07, 6.45) is 1.60. The van der Waals surface area contributed by atoms with Crippen LogP contribution in [-0.4, -0.2) is 38.7 Å². The van der Waals surface area contributed by atoms with E-state index in [-0.39, 0.29) is 40.7 Å². The van der Waals surface area contributed by atoms with Gasteiger partial charge in [0.25, 0.3) is 11.8 Å². The van der Waals surface area contributed by atoms with Gasteiger partial charge in [-0.15, -0.1) is 0 Å². The number of nitrogens with one attached hydrogen (secondary N) is 3. The summed E-state index contributed by atoms with van der Waals surface area (Å²) < 4.78 is 27.3. The van der Waals surface area contributed by atoms with Crippen LogP contribution >= 0.6 is 0 Å². The van der Waals surface area contributed by atoms with Crippen LogP contribution in [0.15, 0.2) is 53.4 Å². The molecule has 0 atom stereocenters. The van der Waals surface area contributed by atoms with Gasteiger partial charge in [0.1, 0.15) is 0 Å². The molecule has 158 valence electrons. The van der Waals surface area contributed by atoms with Crippen molar-refractivity contribution in [3.63, 3.8) is 0 Å². The van der Waals surface area contributed by atoms with Crippen LogP contribution in [0, 0.1) is 0 Å². The molecule has 1 saturated carbocycles. The quantitative estimate of drug-likeness (QED) is 0.468. The Morgan fingerprint density at radius 2 is 1.73 bits per heavy atom. The summed E-state index contributed by atoms with van der Waals surface area (Å²) in [4.78, 5) is 35.9. The second kappa shape index (κ2) is 9.06. The van der Waals surface area contributed by atoms with Crippen molar-refractivity contribution in [2.45, 2.75) is 30.2 Å². The summed E-state index contributed by atoms with van der Waals surface area (Å²) in [5.74, 6) is -1.57. The fourth-order valence-corrected chi connectivity index (χ4v) is 4.02. The number of hydrogen-bond donors (Lipinski definition) is 4. The third-order valence-electron chi connectivity index (χ3n) is 4.38. The Bertz CT molecular complexity index is 1080. The van der Waals surface area contributed by atoms with Crippen molar-refractivity contribution < 1.29 is 22.8 Å². The summed E-state index contributed by atoms with van der Waals surface area (Å²) in [7, 11) is -3.70. The number of anilines is 1. The number of benzene rings is 2. The Labute approximate surface area is 174 Å². The molecule has 1 fully saturated rings. The number of primary amides is 1. The molecule has 0 bridgehead atoms. The molecule has 5 N–H and O–H groups in total. The molecule has 0 saturated heterocycles. The lowest BCUT2D eigenvalue weighted by atomic mass is 10.1. The number of rotatable bonds is 9. The summed E-state index contributed by atoms with van der Waals surface area (Å²) in [6.45, 7) is 0.0738. The molecule has 0 aliphatic heterocycles. The third-order valence-corrected chi connectivity index (χ3v) is 5.90. The van der Waals surface area contributed by atoms with Crippen LogP contribution in [0.25, 0.3) is 0 Å². The van der Waals surface area contributed by atoms with E-state index in [0.717, 1.165) is 12.8 Å². The number of carbonyl (C=O) groups is 3. The zero-order valence-electron chi connectivity index (χ0n) is 16.1. The van der Waals surface area contributed by atoms with Gasteiger partial charge in [0.2, 0.25) is 15.9 Å². The Morgan fingerprint density at radius 1 is 1.00 bits per heavy atom. The highest BCUT2D eigenvalue weighted by molar-refractivity contribution is 7.89. The number of sulfonamides is 1. The average molecular weight is 430 g/mol. The largest absolute Gasteiger partial charge is 0.370 e. The van der Waals surface area contributed by atoms with E-state index in [1.807, 2.05) is 0 Å². The fraction of sp³-hybridized carbons (Fsp3) is 0.250. The molecular weight excluding hydrogens is 408 g/mol. The van der Waals surface area contributed by atoms with Gasteiger partial charge >= 0.3 is 0 Å².